The van der Waals surface area contributed by atoms with Crippen LogP contribution >= 0.6 is 11.6 Å². The highest BCUT2D eigenvalue weighted by atomic mass is 35.5. The van der Waals surface area contributed by atoms with Gasteiger partial charge in [-0.05, 0) is 30.2 Å². The molecule has 1 aromatic carbocycles. The van der Waals surface area contributed by atoms with Crippen molar-refractivity contribution < 1.29 is 4.79 Å². The number of nitrogens with zero attached hydrogens (tertiary/aromatic N) is 1. The van der Waals surface area contributed by atoms with Crippen molar-refractivity contribution in [1.82, 2.24) is 10.2 Å². The summed E-state index contributed by atoms with van der Waals surface area (Å²) in [4.78, 5) is 13.3. The number of benzene rings is 1. The zero-order valence-electron chi connectivity index (χ0n) is 10.4. The average molecular weight is 268 g/mol. The molecule has 1 unspecified atom stereocenters. The van der Waals surface area contributed by atoms with Crippen molar-refractivity contribution in [3.05, 3.63) is 28.8 Å². The number of rotatable bonds is 3. The van der Waals surface area contributed by atoms with Crippen LogP contribution in [-0.2, 0) is 11.3 Å². The molecule has 0 bridgehead atoms. The molecule has 1 fully saturated rings. The van der Waals surface area contributed by atoms with Crippen LogP contribution in [0.5, 0.6) is 0 Å². The van der Waals surface area contributed by atoms with Crippen LogP contribution in [0.2, 0.25) is 5.02 Å². The third kappa shape index (κ3) is 3.37. The van der Waals surface area contributed by atoms with Crippen LogP contribution in [0.15, 0.2) is 18.2 Å². The number of hydrogen-bond donors (Lipinski definition) is 2. The summed E-state index contributed by atoms with van der Waals surface area (Å²) in [6, 6.07) is 5.79. The van der Waals surface area contributed by atoms with E-state index in [9.17, 15) is 4.79 Å². The summed E-state index contributed by atoms with van der Waals surface area (Å²) in [5, 5.41) is 3.69. The van der Waals surface area contributed by atoms with Gasteiger partial charge in [-0.25, -0.2) is 0 Å². The summed E-state index contributed by atoms with van der Waals surface area (Å²) < 4.78 is 0. The Kier molecular flexibility index (Phi) is 4.09. The molecule has 1 saturated heterocycles. The van der Waals surface area contributed by atoms with E-state index in [1.807, 2.05) is 12.1 Å². The van der Waals surface area contributed by atoms with Crippen LogP contribution in [0.1, 0.15) is 18.9 Å². The number of nitrogens with two attached hydrogens (primary N) is 1. The van der Waals surface area contributed by atoms with Gasteiger partial charge in [0, 0.05) is 43.3 Å². The van der Waals surface area contributed by atoms with Crippen LogP contribution < -0.4 is 11.1 Å². The van der Waals surface area contributed by atoms with Gasteiger partial charge in [0.1, 0.15) is 0 Å². The molecular weight excluding hydrogens is 250 g/mol. The van der Waals surface area contributed by atoms with E-state index in [1.54, 1.807) is 13.0 Å². The van der Waals surface area contributed by atoms with Crippen molar-refractivity contribution in [2.24, 2.45) is 0 Å². The van der Waals surface area contributed by atoms with Gasteiger partial charge in [-0.15, -0.1) is 0 Å². The fourth-order valence-corrected chi connectivity index (χ4v) is 2.52. The molecule has 0 aliphatic carbocycles. The van der Waals surface area contributed by atoms with E-state index in [2.05, 4.69) is 10.2 Å². The smallest absolute Gasteiger partial charge is 0.217 e. The number of nitrogen functional groups attached to an aromatic ring is 1. The molecular formula is C13H18ClN3O. The largest absolute Gasteiger partial charge is 0.399 e. The van der Waals surface area contributed by atoms with E-state index in [4.69, 9.17) is 17.3 Å². The number of hydrogen-bond acceptors (Lipinski definition) is 3. The molecule has 1 amide bonds. The van der Waals surface area contributed by atoms with Gasteiger partial charge < -0.3 is 11.1 Å². The molecule has 18 heavy (non-hydrogen) atoms. The second-order valence-electron chi connectivity index (χ2n) is 4.77. The number of amides is 1. The van der Waals surface area contributed by atoms with Gasteiger partial charge in [0.05, 0.1) is 0 Å². The van der Waals surface area contributed by atoms with Crippen LogP contribution in [0.4, 0.5) is 5.69 Å². The minimum absolute atomic E-state index is 0.0313. The molecule has 3 N–H and O–H groups in total. The van der Waals surface area contributed by atoms with Crippen molar-refractivity contribution in [2.75, 3.05) is 18.8 Å². The van der Waals surface area contributed by atoms with Crippen LogP contribution in [0.3, 0.4) is 0 Å². The third-order valence-electron chi connectivity index (χ3n) is 3.14. The van der Waals surface area contributed by atoms with Crippen LogP contribution in [-0.4, -0.2) is 29.9 Å². The highest BCUT2D eigenvalue weighted by Crippen LogP contribution is 2.22. The first-order chi connectivity index (χ1) is 8.54. The number of nitrogens with one attached hydrogen (secondary N) is 1. The van der Waals surface area contributed by atoms with Gasteiger partial charge in [-0.3, -0.25) is 9.69 Å². The summed E-state index contributed by atoms with van der Waals surface area (Å²) in [7, 11) is 0. The average Bonchev–Trinajstić information content (AvgIpc) is 2.70. The molecule has 1 aliphatic heterocycles. The minimum Gasteiger partial charge on any atom is -0.399 e. The zero-order chi connectivity index (χ0) is 13.1. The fourth-order valence-electron chi connectivity index (χ4n) is 2.34. The number of anilines is 1. The number of carbonyl (C=O) groups excluding carboxylic acids is 1. The van der Waals surface area contributed by atoms with Gasteiger partial charge in [0.25, 0.3) is 0 Å². The molecule has 4 nitrogen and oxygen atoms in total. The fraction of sp³-hybridized carbons (Fsp3) is 0.462. The summed E-state index contributed by atoms with van der Waals surface area (Å²) in [6.07, 6.45) is 0.986. The van der Waals surface area contributed by atoms with Crippen molar-refractivity contribution in [3.8, 4) is 0 Å². The molecule has 5 heteroatoms. The molecule has 98 valence electrons. The van der Waals surface area contributed by atoms with E-state index in [0.717, 1.165) is 42.3 Å². The summed E-state index contributed by atoms with van der Waals surface area (Å²) >= 11 is 6.14. The Morgan fingerprint density at radius 2 is 2.39 bits per heavy atom. The van der Waals surface area contributed by atoms with Crippen molar-refractivity contribution in [2.45, 2.75) is 25.9 Å². The lowest BCUT2D eigenvalue weighted by molar-refractivity contribution is -0.119. The molecule has 0 saturated carbocycles. The van der Waals surface area contributed by atoms with E-state index in [-0.39, 0.29) is 11.9 Å². The Labute approximate surface area is 112 Å². The van der Waals surface area contributed by atoms with Gasteiger partial charge in [-0.2, -0.15) is 0 Å². The van der Waals surface area contributed by atoms with Gasteiger partial charge in [0.15, 0.2) is 0 Å². The third-order valence-corrected chi connectivity index (χ3v) is 3.51. The first-order valence-electron chi connectivity index (χ1n) is 6.08. The standard InChI is InChI=1S/C13H18ClN3O/c1-9(18)16-12-4-5-17(8-12)7-10-6-11(15)2-3-13(10)14/h2-3,6,12H,4-5,7-8,15H2,1H3,(H,16,18). The van der Waals surface area contributed by atoms with Gasteiger partial charge in [-0.1, -0.05) is 11.6 Å². The van der Waals surface area contributed by atoms with E-state index < -0.39 is 0 Å². The highest BCUT2D eigenvalue weighted by molar-refractivity contribution is 6.31. The highest BCUT2D eigenvalue weighted by Gasteiger charge is 2.23. The monoisotopic (exact) mass is 267 g/mol. The van der Waals surface area contributed by atoms with Gasteiger partial charge in [0.2, 0.25) is 5.91 Å². The quantitative estimate of drug-likeness (QED) is 0.819. The zero-order valence-corrected chi connectivity index (χ0v) is 11.2. The minimum atomic E-state index is 0.0313. The maximum atomic E-state index is 11.0. The predicted octanol–water partition coefficient (Wildman–Crippen LogP) is 1.63. The molecule has 0 aromatic heterocycles. The lowest BCUT2D eigenvalue weighted by Crippen LogP contribution is -2.35. The Morgan fingerprint density at radius 3 is 3.11 bits per heavy atom. The summed E-state index contributed by atoms with van der Waals surface area (Å²) in [5.41, 5.74) is 7.53. The normalized spacial score (nSPS) is 20.0. The van der Waals surface area contributed by atoms with Crippen molar-refractivity contribution >= 4 is 23.2 Å². The first kappa shape index (κ1) is 13.2. The molecule has 1 aromatic rings. The van der Waals surface area contributed by atoms with Crippen molar-refractivity contribution in [1.29, 1.82) is 0 Å². The Bertz CT molecular complexity index is 450. The summed E-state index contributed by atoms with van der Waals surface area (Å²) in [5.74, 6) is 0.0313. The number of halogens is 1. The second kappa shape index (κ2) is 5.59. The van der Waals surface area contributed by atoms with Crippen molar-refractivity contribution in [3.63, 3.8) is 0 Å². The van der Waals surface area contributed by atoms with E-state index in [0.29, 0.717) is 0 Å². The Balaban J connectivity index is 1.95. The maximum Gasteiger partial charge on any atom is 0.217 e. The Hall–Kier alpha value is -1.26. The molecule has 1 atom stereocenters. The lowest BCUT2D eigenvalue weighted by Gasteiger charge is -2.17. The molecule has 0 radical (unpaired) electrons. The topological polar surface area (TPSA) is 58.4 Å². The molecule has 1 heterocycles. The predicted molar refractivity (Wildman–Crippen MR) is 73.4 cm³/mol. The van der Waals surface area contributed by atoms with Crippen LogP contribution in [0.25, 0.3) is 0 Å². The van der Waals surface area contributed by atoms with Crippen LogP contribution in [0, 0.1) is 0 Å². The second-order valence-corrected chi connectivity index (χ2v) is 5.18. The van der Waals surface area contributed by atoms with Gasteiger partial charge >= 0.3 is 0 Å². The number of likely N-dealkylation sites (tertiary alicyclic amines) is 1. The molecule has 1 aliphatic rings. The van der Waals surface area contributed by atoms with E-state index >= 15 is 0 Å². The lowest BCUT2D eigenvalue weighted by atomic mass is 10.2. The maximum absolute atomic E-state index is 11.0. The molecule has 2 rings (SSSR count). The first-order valence-corrected chi connectivity index (χ1v) is 6.46. The summed E-state index contributed by atoms with van der Waals surface area (Å²) in [6.45, 7) is 4.16. The Morgan fingerprint density at radius 1 is 1.61 bits per heavy atom. The number of carbonyl (C=O) groups is 1. The SMILES string of the molecule is CC(=O)NC1CCN(Cc2cc(N)ccc2Cl)C1. The molecule has 0 spiro atoms. The van der Waals surface area contributed by atoms with E-state index in [1.165, 1.54) is 0 Å².